The fourth-order valence-corrected chi connectivity index (χ4v) is 1.82. The Bertz CT molecular complexity index is 328. The largest absolute Gasteiger partial charge is 0.465 e. The number of nitrogens with one attached hydrogen (secondary N) is 1. The summed E-state index contributed by atoms with van der Waals surface area (Å²) in [5, 5.41) is 8.83. The first kappa shape index (κ1) is 12.2. The van der Waals surface area contributed by atoms with E-state index in [9.17, 15) is 13.2 Å². The molecule has 1 amide bonds. The van der Waals surface area contributed by atoms with Crippen LogP contribution in [0.25, 0.3) is 0 Å². The molecule has 1 atom stereocenters. The minimum absolute atomic E-state index is 0.0468. The molecule has 0 saturated carbocycles. The van der Waals surface area contributed by atoms with Crippen LogP contribution in [-0.2, 0) is 14.8 Å². The summed E-state index contributed by atoms with van der Waals surface area (Å²) in [5.74, 6) is 0. The van der Waals surface area contributed by atoms with Crippen LogP contribution in [0.15, 0.2) is 0 Å². The predicted molar refractivity (Wildman–Crippen MR) is 52.2 cm³/mol. The van der Waals surface area contributed by atoms with E-state index in [1.165, 1.54) is 4.90 Å². The SMILES string of the molecule is CS(=O)(=O)NCC1COCCN1C(=O)O. The number of rotatable bonds is 3. The Morgan fingerprint density at radius 1 is 1.67 bits per heavy atom. The summed E-state index contributed by atoms with van der Waals surface area (Å²) in [4.78, 5) is 12.0. The zero-order chi connectivity index (χ0) is 11.5. The van der Waals surface area contributed by atoms with E-state index in [1.807, 2.05) is 0 Å². The van der Waals surface area contributed by atoms with E-state index in [2.05, 4.69) is 4.72 Å². The van der Waals surface area contributed by atoms with E-state index >= 15 is 0 Å². The molecule has 0 aromatic rings. The maximum atomic E-state index is 10.8. The van der Waals surface area contributed by atoms with Gasteiger partial charge >= 0.3 is 6.09 Å². The minimum atomic E-state index is -3.30. The van der Waals surface area contributed by atoms with Gasteiger partial charge in [-0.05, 0) is 0 Å². The lowest BCUT2D eigenvalue weighted by molar-refractivity contribution is 0.00204. The molecule has 1 fully saturated rings. The third-order valence-electron chi connectivity index (χ3n) is 2.05. The molecule has 1 saturated heterocycles. The van der Waals surface area contributed by atoms with Crippen LogP contribution in [0.3, 0.4) is 0 Å². The number of amides is 1. The van der Waals surface area contributed by atoms with Gasteiger partial charge in [0.25, 0.3) is 0 Å². The summed E-state index contributed by atoms with van der Waals surface area (Å²) >= 11 is 0. The molecule has 0 aromatic heterocycles. The zero-order valence-corrected chi connectivity index (χ0v) is 9.16. The van der Waals surface area contributed by atoms with Gasteiger partial charge in [0.2, 0.25) is 10.0 Å². The normalized spacial score (nSPS) is 22.7. The van der Waals surface area contributed by atoms with Crippen molar-refractivity contribution in [2.24, 2.45) is 0 Å². The van der Waals surface area contributed by atoms with Crippen molar-refractivity contribution >= 4 is 16.1 Å². The Kier molecular flexibility index (Phi) is 3.89. The molecular weight excluding hydrogens is 224 g/mol. The van der Waals surface area contributed by atoms with Crippen molar-refractivity contribution in [1.82, 2.24) is 9.62 Å². The zero-order valence-electron chi connectivity index (χ0n) is 8.34. The Balaban J connectivity index is 2.54. The van der Waals surface area contributed by atoms with Crippen LogP contribution >= 0.6 is 0 Å². The summed E-state index contributed by atoms with van der Waals surface area (Å²) in [7, 11) is -3.30. The third-order valence-corrected chi connectivity index (χ3v) is 2.75. The molecule has 0 radical (unpaired) electrons. The van der Waals surface area contributed by atoms with E-state index in [1.54, 1.807) is 0 Å². The van der Waals surface area contributed by atoms with E-state index in [0.29, 0.717) is 6.61 Å². The van der Waals surface area contributed by atoms with Crippen LogP contribution in [0.2, 0.25) is 0 Å². The molecule has 88 valence electrons. The summed E-state index contributed by atoms with van der Waals surface area (Å²) < 4.78 is 29.0. The highest BCUT2D eigenvalue weighted by molar-refractivity contribution is 7.88. The van der Waals surface area contributed by atoms with Gasteiger partial charge in [-0.3, -0.25) is 4.90 Å². The topological polar surface area (TPSA) is 95.9 Å². The first-order valence-corrected chi connectivity index (χ1v) is 6.31. The third kappa shape index (κ3) is 4.02. The van der Waals surface area contributed by atoms with Gasteiger partial charge in [0.1, 0.15) is 0 Å². The average molecular weight is 238 g/mol. The van der Waals surface area contributed by atoms with Crippen molar-refractivity contribution in [1.29, 1.82) is 0 Å². The van der Waals surface area contributed by atoms with Crippen molar-refractivity contribution in [2.45, 2.75) is 6.04 Å². The number of nitrogens with zero attached hydrogens (tertiary/aromatic N) is 1. The summed E-state index contributed by atoms with van der Waals surface area (Å²) in [6.45, 7) is 0.882. The molecule has 1 aliphatic rings. The molecule has 7 nitrogen and oxygen atoms in total. The van der Waals surface area contributed by atoms with Crippen molar-refractivity contribution < 1.29 is 23.1 Å². The van der Waals surface area contributed by atoms with E-state index < -0.39 is 22.2 Å². The second kappa shape index (κ2) is 4.77. The molecule has 1 rings (SSSR count). The molecule has 0 aromatic carbocycles. The van der Waals surface area contributed by atoms with Gasteiger partial charge in [0.05, 0.1) is 25.5 Å². The Labute approximate surface area is 88.1 Å². The van der Waals surface area contributed by atoms with Crippen molar-refractivity contribution in [3.63, 3.8) is 0 Å². The van der Waals surface area contributed by atoms with Crippen molar-refractivity contribution in [3.8, 4) is 0 Å². The van der Waals surface area contributed by atoms with Crippen LogP contribution in [0.4, 0.5) is 4.79 Å². The number of hydrogen-bond donors (Lipinski definition) is 2. The molecule has 2 N–H and O–H groups in total. The highest BCUT2D eigenvalue weighted by Crippen LogP contribution is 2.06. The average Bonchev–Trinajstić information content (AvgIpc) is 2.14. The van der Waals surface area contributed by atoms with Crippen LogP contribution in [0.5, 0.6) is 0 Å². The number of carboxylic acid groups (broad SMARTS) is 1. The van der Waals surface area contributed by atoms with Gasteiger partial charge in [0.15, 0.2) is 0 Å². The molecule has 0 aliphatic carbocycles. The fourth-order valence-electron chi connectivity index (χ4n) is 1.32. The monoisotopic (exact) mass is 238 g/mol. The summed E-state index contributed by atoms with van der Waals surface area (Å²) in [6.07, 6.45) is -0.0273. The Morgan fingerprint density at radius 3 is 2.87 bits per heavy atom. The molecule has 0 bridgehead atoms. The minimum Gasteiger partial charge on any atom is -0.465 e. The van der Waals surface area contributed by atoms with Crippen molar-refractivity contribution in [3.05, 3.63) is 0 Å². The first-order valence-electron chi connectivity index (χ1n) is 4.42. The molecule has 1 unspecified atom stereocenters. The lowest BCUT2D eigenvalue weighted by atomic mass is 10.2. The lowest BCUT2D eigenvalue weighted by Gasteiger charge is -2.33. The smallest absolute Gasteiger partial charge is 0.407 e. The summed E-state index contributed by atoms with van der Waals surface area (Å²) in [6, 6.07) is -0.453. The van der Waals surface area contributed by atoms with E-state index in [0.717, 1.165) is 6.26 Å². The molecule has 15 heavy (non-hydrogen) atoms. The molecule has 1 aliphatic heterocycles. The standard InChI is InChI=1S/C7H14N2O5S/c1-15(12,13)8-4-6-5-14-3-2-9(6)7(10)11/h6,8H,2-5H2,1H3,(H,10,11). The van der Waals surface area contributed by atoms with Crippen LogP contribution in [0.1, 0.15) is 0 Å². The second-order valence-electron chi connectivity index (χ2n) is 3.33. The van der Waals surface area contributed by atoms with E-state index in [4.69, 9.17) is 9.84 Å². The molecule has 0 spiro atoms. The second-order valence-corrected chi connectivity index (χ2v) is 5.16. The van der Waals surface area contributed by atoms with Gasteiger partial charge in [-0.2, -0.15) is 0 Å². The number of carbonyl (C=O) groups is 1. The lowest BCUT2D eigenvalue weighted by Crippen LogP contribution is -2.53. The summed E-state index contributed by atoms with van der Waals surface area (Å²) in [5.41, 5.74) is 0. The predicted octanol–water partition coefficient (Wildman–Crippen LogP) is -1.09. The van der Waals surface area contributed by atoms with Crippen molar-refractivity contribution in [2.75, 3.05) is 32.6 Å². The van der Waals surface area contributed by atoms with Gasteiger partial charge in [-0.25, -0.2) is 17.9 Å². The maximum absolute atomic E-state index is 10.8. The first-order chi connectivity index (χ1) is 6.90. The highest BCUT2D eigenvalue weighted by Gasteiger charge is 2.27. The van der Waals surface area contributed by atoms with Gasteiger partial charge < -0.3 is 9.84 Å². The number of sulfonamides is 1. The Morgan fingerprint density at radius 2 is 2.33 bits per heavy atom. The quantitative estimate of drug-likeness (QED) is 0.651. The molecule has 8 heteroatoms. The number of hydrogen-bond acceptors (Lipinski definition) is 4. The highest BCUT2D eigenvalue weighted by atomic mass is 32.2. The van der Waals surface area contributed by atoms with E-state index in [-0.39, 0.29) is 19.7 Å². The number of ether oxygens (including phenoxy) is 1. The molecule has 1 heterocycles. The maximum Gasteiger partial charge on any atom is 0.407 e. The van der Waals surface area contributed by atoms with Gasteiger partial charge in [-0.1, -0.05) is 0 Å². The van der Waals surface area contributed by atoms with Crippen LogP contribution < -0.4 is 4.72 Å². The fraction of sp³-hybridized carbons (Fsp3) is 0.857. The van der Waals surface area contributed by atoms with Gasteiger partial charge in [0, 0.05) is 13.1 Å². The Hall–Kier alpha value is -0.860. The molecular formula is C7H14N2O5S. The number of morpholine rings is 1. The van der Waals surface area contributed by atoms with Crippen LogP contribution in [0, 0.1) is 0 Å². The van der Waals surface area contributed by atoms with Gasteiger partial charge in [-0.15, -0.1) is 0 Å². The van der Waals surface area contributed by atoms with Crippen LogP contribution in [-0.4, -0.2) is 63.1 Å².